The number of ether oxygens (including phenoxy) is 1. The van der Waals surface area contributed by atoms with Gasteiger partial charge in [-0.1, -0.05) is 15.9 Å². The first-order valence-corrected chi connectivity index (χ1v) is 7.87. The molecule has 0 bridgehead atoms. The number of hydrogen-bond donors (Lipinski definition) is 1. The van der Waals surface area contributed by atoms with Gasteiger partial charge in [0.2, 0.25) is 0 Å². The lowest BCUT2D eigenvalue weighted by Gasteiger charge is -2.21. The fourth-order valence-corrected chi connectivity index (χ4v) is 2.21. The van der Waals surface area contributed by atoms with Crippen molar-refractivity contribution >= 4 is 15.9 Å². The van der Waals surface area contributed by atoms with E-state index in [1.165, 1.54) is 5.56 Å². The smallest absolute Gasteiger partial charge is 0.119 e. The van der Waals surface area contributed by atoms with Crippen LogP contribution in [0.25, 0.3) is 0 Å². The normalized spacial score (nSPS) is 11.6. The molecule has 0 atom stereocenters. The lowest BCUT2D eigenvalue weighted by atomic mass is 10.1. The van der Waals surface area contributed by atoms with E-state index in [-0.39, 0.29) is 5.54 Å². The molecule has 0 saturated heterocycles. The van der Waals surface area contributed by atoms with E-state index in [1.807, 2.05) is 29.1 Å². The third-order valence-corrected chi connectivity index (χ3v) is 3.75. The zero-order valence-corrected chi connectivity index (χ0v) is 14.4. The third-order valence-electron chi connectivity index (χ3n) is 2.97. The first kappa shape index (κ1) is 16.0. The van der Waals surface area contributed by atoms with Crippen molar-refractivity contribution in [2.45, 2.75) is 39.4 Å². The van der Waals surface area contributed by atoms with Gasteiger partial charge in [-0.25, -0.2) is 0 Å². The minimum Gasteiger partial charge on any atom is -0.492 e. The molecule has 0 unspecified atom stereocenters. The van der Waals surface area contributed by atoms with Gasteiger partial charge in [-0.05, 0) is 50.6 Å². The molecule has 0 aliphatic carbocycles. The van der Waals surface area contributed by atoms with Gasteiger partial charge in [0.25, 0.3) is 0 Å². The quantitative estimate of drug-likeness (QED) is 0.863. The molecular formula is C16H22BrN3O. The molecule has 0 spiro atoms. The number of benzene rings is 1. The average Bonchev–Trinajstić information content (AvgIpc) is 2.91. The molecule has 0 aliphatic heterocycles. The Balaban J connectivity index is 1.91. The predicted octanol–water partition coefficient (Wildman–Crippen LogP) is 3.61. The number of halogens is 1. The number of nitrogens with one attached hydrogen (secondary N) is 1. The fourth-order valence-electron chi connectivity index (χ4n) is 1.83. The van der Waals surface area contributed by atoms with E-state index >= 15 is 0 Å². The van der Waals surface area contributed by atoms with Gasteiger partial charge < -0.3 is 10.1 Å². The van der Waals surface area contributed by atoms with Gasteiger partial charge in [-0.15, -0.1) is 0 Å². The van der Waals surface area contributed by atoms with Gasteiger partial charge in [-0.2, -0.15) is 5.10 Å². The molecule has 114 valence electrons. The molecular weight excluding hydrogens is 330 g/mol. The minimum absolute atomic E-state index is 0.0936. The van der Waals surface area contributed by atoms with Gasteiger partial charge in [0.15, 0.2) is 0 Å². The number of rotatable bonds is 6. The molecule has 1 N–H and O–H groups in total. The summed E-state index contributed by atoms with van der Waals surface area (Å²) in [5, 5.41) is 7.64. The Labute approximate surface area is 134 Å². The molecule has 1 heterocycles. The summed E-state index contributed by atoms with van der Waals surface area (Å²) in [4.78, 5) is 0. The maximum absolute atomic E-state index is 5.80. The monoisotopic (exact) mass is 351 g/mol. The van der Waals surface area contributed by atoms with E-state index in [4.69, 9.17) is 4.74 Å². The molecule has 0 amide bonds. The van der Waals surface area contributed by atoms with Crippen molar-refractivity contribution in [3.63, 3.8) is 0 Å². The van der Waals surface area contributed by atoms with Crippen LogP contribution in [-0.2, 0) is 13.1 Å². The maximum Gasteiger partial charge on any atom is 0.119 e. The fraction of sp³-hybridized carbons (Fsp3) is 0.438. The summed E-state index contributed by atoms with van der Waals surface area (Å²) in [5.41, 5.74) is 1.29. The van der Waals surface area contributed by atoms with Crippen molar-refractivity contribution in [1.82, 2.24) is 15.1 Å². The summed E-state index contributed by atoms with van der Waals surface area (Å²) in [7, 11) is 0. The van der Waals surface area contributed by atoms with Crippen LogP contribution in [0.2, 0.25) is 0 Å². The predicted molar refractivity (Wildman–Crippen MR) is 88.5 cm³/mol. The van der Waals surface area contributed by atoms with E-state index in [9.17, 15) is 0 Å². The largest absolute Gasteiger partial charge is 0.492 e. The van der Waals surface area contributed by atoms with Crippen LogP contribution in [0.4, 0.5) is 0 Å². The van der Waals surface area contributed by atoms with Gasteiger partial charge in [0.1, 0.15) is 12.4 Å². The van der Waals surface area contributed by atoms with Crippen molar-refractivity contribution in [3.05, 3.63) is 46.7 Å². The zero-order valence-electron chi connectivity index (χ0n) is 12.8. The van der Waals surface area contributed by atoms with Crippen LogP contribution < -0.4 is 10.1 Å². The Morgan fingerprint density at radius 1 is 1.33 bits per heavy atom. The summed E-state index contributed by atoms with van der Waals surface area (Å²) in [6, 6.07) is 8.00. The Hall–Kier alpha value is -1.33. The Bertz CT molecular complexity index is 561. The third kappa shape index (κ3) is 5.52. The SMILES string of the molecule is CC(C)(C)NCc1cc(OCCn2cccn2)ccc1Br. The topological polar surface area (TPSA) is 39.1 Å². The molecule has 2 aromatic rings. The summed E-state index contributed by atoms with van der Waals surface area (Å²) in [5.74, 6) is 0.885. The second kappa shape index (κ2) is 7.09. The van der Waals surface area contributed by atoms with Gasteiger partial charge >= 0.3 is 0 Å². The van der Waals surface area contributed by atoms with Crippen molar-refractivity contribution in [2.75, 3.05) is 6.61 Å². The summed E-state index contributed by atoms with van der Waals surface area (Å²) >= 11 is 3.59. The maximum atomic E-state index is 5.80. The molecule has 1 aromatic carbocycles. The van der Waals surface area contributed by atoms with Crippen LogP contribution in [0, 0.1) is 0 Å². The molecule has 1 aromatic heterocycles. The first-order chi connectivity index (χ1) is 9.94. The van der Waals surface area contributed by atoms with Crippen LogP contribution in [0.1, 0.15) is 26.3 Å². The van der Waals surface area contributed by atoms with Crippen LogP contribution in [0.3, 0.4) is 0 Å². The highest BCUT2D eigenvalue weighted by molar-refractivity contribution is 9.10. The van der Waals surface area contributed by atoms with Crippen molar-refractivity contribution in [2.24, 2.45) is 0 Å². The average molecular weight is 352 g/mol. The summed E-state index contributed by atoms with van der Waals surface area (Å²) in [6.07, 6.45) is 3.71. The zero-order chi connectivity index (χ0) is 15.3. The standard InChI is InChI=1S/C16H22BrN3O/c1-16(2,3)18-12-13-11-14(5-6-15(13)17)21-10-9-20-8-4-7-19-20/h4-8,11,18H,9-10,12H2,1-3H3. The second-order valence-electron chi connectivity index (χ2n) is 5.97. The van der Waals surface area contributed by atoms with E-state index in [0.29, 0.717) is 6.61 Å². The van der Waals surface area contributed by atoms with Gasteiger partial charge in [0, 0.05) is 29.0 Å². The molecule has 21 heavy (non-hydrogen) atoms. The molecule has 2 rings (SSSR count). The molecule has 4 nitrogen and oxygen atoms in total. The molecule has 0 aliphatic rings. The Morgan fingerprint density at radius 3 is 2.81 bits per heavy atom. The van der Waals surface area contributed by atoms with Crippen molar-refractivity contribution in [1.29, 1.82) is 0 Å². The van der Waals surface area contributed by atoms with E-state index in [2.05, 4.69) is 53.2 Å². The number of hydrogen-bond acceptors (Lipinski definition) is 3. The molecule has 0 saturated carbocycles. The lowest BCUT2D eigenvalue weighted by Crippen LogP contribution is -2.35. The lowest BCUT2D eigenvalue weighted by molar-refractivity contribution is 0.291. The van der Waals surface area contributed by atoms with E-state index in [1.54, 1.807) is 6.20 Å². The molecule has 0 radical (unpaired) electrons. The summed E-state index contributed by atoms with van der Waals surface area (Å²) in [6.45, 7) is 8.64. The van der Waals surface area contributed by atoms with E-state index in [0.717, 1.165) is 23.3 Å². The van der Waals surface area contributed by atoms with Crippen molar-refractivity contribution in [3.8, 4) is 5.75 Å². The second-order valence-corrected chi connectivity index (χ2v) is 6.83. The Morgan fingerprint density at radius 2 is 2.14 bits per heavy atom. The van der Waals surface area contributed by atoms with Gasteiger partial charge in [-0.3, -0.25) is 4.68 Å². The van der Waals surface area contributed by atoms with Crippen molar-refractivity contribution < 1.29 is 4.74 Å². The number of nitrogens with zero attached hydrogens (tertiary/aromatic N) is 2. The minimum atomic E-state index is 0.0936. The Kier molecular flexibility index (Phi) is 5.42. The highest BCUT2D eigenvalue weighted by Gasteiger charge is 2.10. The van der Waals surface area contributed by atoms with Crippen LogP contribution in [0.5, 0.6) is 5.75 Å². The number of aromatic nitrogens is 2. The molecule has 5 heteroatoms. The van der Waals surface area contributed by atoms with Gasteiger partial charge in [0.05, 0.1) is 6.54 Å². The summed E-state index contributed by atoms with van der Waals surface area (Å²) < 4.78 is 8.76. The van der Waals surface area contributed by atoms with E-state index < -0.39 is 0 Å². The van der Waals surface area contributed by atoms with Crippen LogP contribution in [0.15, 0.2) is 41.1 Å². The highest BCUT2D eigenvalue weighted by atomic mass is 79.9. The molecule has 0 fully saturated rings. The first-order valence-electron chi connectivity index (χ1n) is 7.08. The van der Waals surface area contributed by atoms with Crippen LogP contribution in [-0.4, -0.2) is 21.9 Å². The highest BCUT2D eigenvalue weighted by Crippen LogP contribution is 2.23. The van der Waals surface area contributed by atoms with Crippen LogP contribution >= 0.6 is 15.9 Å².